The first-order valence-corrected chi connectivity index (χ1v) is 9.03. The van der Waals surface area contributed by atoms with E-state index in [2.05, 4.69) is 24.1 Å². The number of hydrogen-bond donors (Lipinski definition) is 1. The van der Waals surface area contributed by atoms with Gasteiger partial charge in [-0.1, -0.05) is 20.3 Å². The zero-order valence-electron chi connectivity index (χ0n) is 13.7. The van der Waals surface area contributed by atoms with Gasteiger partial charge in [0.2, 0.25) is 0 Å². The van der Waals surface area contributed by atoms with Gasteiger partial charge in [-0.3, -0.25) is 0 Å². The lowest BCUT2D eigenvalue weighted by molar-refractivity contribution is 0.181. The second-order valence-corrected chi connectivity index (χ2v) is 6.90. The Morgan fingerprint density at radius 3 is 3.00 bits per heavy atom. The molecule has 21 heavy (non-hydrogen) atoms. The first-order valence-electron chi connectivity index (χ1n) is 8.21. The van der Waals surface area contributed by atoms with Crippen molar-refractivity contribution in [2.45, 2.75) is 52.7 Å². The molecule has 0 radical (unpaired) electrons. The second kappa shape index (κ2) is 8.71. The monoisotopic (exact) mass is 311 g/mol. The van der Waals surface area contributed by atoms with Crippen molar-refractivity contribution in [2.24, 2.45) is 5.92 Å². The van der Waals surface area contributed by atoms with Crippen LogP contribution in [0.5, 0.6) is 0 Å². The Morgan fingerprint density at radius 2 is 2.29 bits per heavy atom. The molecule has 1 saturated heterocycles. The summed E-state index contributed by atoms with van der Waals surface area (Å²) in [6, 6.07) is 0. The number of piperidine rings is 1. The summed E-state index contributed by atoms with van der Waals surface area (Å²) >= 11 is 1.84. The molecule has 0 aliphatic carbocycles. The first-order chi connectivity index (χ1) is 10.3. The van der Waals surface area contributed by atoms with Crippen LogP contribution in [0.1, 0.15) is 50.1 Å². The molecule has 0 aromatic carbocycles. The second-order valence-electron chi connectivity index (χ2n) is 5.84. The van der Waals surface area contributed by atoms with Crippen molar-refractivity contribution in [1.82, 2.24) is 10.3 Å². The summed E-state index contributed by atoms with van der Waals surface area (Å²) < 4.78 is 5.32. The lowest BCUT2D eigenvalue weighted by Gasteiger charge is -2.31. The maximum atomic E-state index is 5.32. The van der Waals surface area contributed by atoms with Crippen LogP contribution in [0.4, 0.5) is 5.13 Å². The molecule has 1 aliphatic heterocycles. The molecule has 1 N–H and O–H groups in total. The number of ether oxygens (including phenoxy) is 1. The van der Waals surface area contributed by atoms with Crippen LogP contribution in [-0.4, -0.2) is 31.7 Å². The van der Waals surface area contributed by atoms with Crippen molar-refractivity contribution in [2.75, 3.05) is 31.6 Å². The van der Waals surface area contributed by atoms with Crippen molar-refractivity contribution in [3.63, 3.8) is 0 Å². The van der Waals surface area contributed by atoms with Gasteiger partial charge >= 0.3 is 0 Å². The van der Waals surface area contributed by atoms with E-state index < -0.39 is 0 Å². The maximum absolute atomic E-state index is 5.32. The van der Waals surface area contributed by atoms with Gasteiger partial charge in [0.25, 0.3) is 0 Å². The standard InChI is InChI=1S/C16H29N3OS/c1-4-8-17-10-15-14(12-20-3)18-16(21-15)19-9-6-7-13(5-2)11-19/h13,17H,4-12H2,1-3H3. The van der Waals surface area contributed by atoms with Gasteiger partial charge in [-0.2, -0.15) is 0 Å². The highest BCUT2D eigenvalue weighted by molar-refractivity contribution is 7.15. The first kappa shape index (κ1) is 16.7. The average molecular weight is 311 g/mol. The summed E-state index contributed by atoms with van der Waals surface area (Å²) in [5, 5.41) is 4.67. The number of nitrogens with zero attached hydrogens (tertiary/aromatic N) is 2. The summed E-state index contributed by atoms with van der Waals surface area (Å²) in [6.07, 6.45) is 5.10. The highest BCUT2D eigenvalue weighted by Crippen LogP contribution is 2.31. The zero-order valence-corrected chi connectivity index (χ0v) is 14.5. The number of aromatic nitrogens is 1. The molecule has 0 amide bonds. The van der Waals surface area contributed by atoms with E-state index >= 15 is 0 Å². The molecule has 1 aromatic rings. The third kappa shape index (κ3) is 4.66. The van der Waals surface area contributed by atoms with Crippen LogP contribution < -0.4 is 10.2 Å². The van der Waals surface area contributed by atoms with E-state index in [1.54, 1.807) is 7.11 Å². The number of rotatable bonds is 8. The van der Waals surface area contributed by atoms with Crippen molar-refractivity contribution >= 4 is 16.5 Å². The van der Waals surface area contributed by atoms with E-state index in [4.69, 9.17) is 9.72 Å². The van der Waals surface area contributed by atoms with E-state index in [9.17, 15) is 0 Å². The summed E-state index contributed by atoms with van der Waals surface area (Å²) in [5.41, 5.74) is 1.11. The molecule has 0 spiro atoms. The zero-order chi connectivity index (χ0) is 15.1. The van der Waals surface area contributed by atoms with Gasteiger partial charge in [-0.05, 0) is 31.7 Å². The number of nitrogens with one attached hydrogen (secondary N) is 1. The molecular formula is C16H29N3OS. The third-order valence-electron chi connectivity index (χ3n) is 4.13. The molecule has 2 heterocycles. The molecule has 1 fully saturated rings. The summed E-state index contributed by atoms with van der Waals surface area (Å²) in [7, 11) is 1.75. The number of anilines is 1. The van der Waals surface area contributed by atoms with Gasteiger partial charge in [0.15, 0.2) is 5.13 Å². The number of hydrogen-bond acceptors (Lipinski definition) is 5. The number of methoxy groups -OCH3 is 1. The Hall–Kier alpha value is -0.650. The van der Waals surface area contributed by atoms with Crippen LogP contribution in [0.25, 0.3) is 0 Å². The topological polar surface area (TPSA) is 37.4 Å². The summed E-state index contributed by atoms with van der Waals surface area (Å²) in [5.74, 6) is 0.829. The molecular weight excluding hydrogens is 282 g/mol. The van der Waals surface area contributed by atoms with Crippen molar-refractivity contribution < 1.29 is 4.74 Å². The molecule has 0 bridgehead atoms. The van der Waals surface area contributed by atoms with E-state index in [0.717, 1.165) is 44.2 Å². The van der Waals surface area contributed by atoms with Gasteiger partial charge in [-0.25, -0.2) is 4.98 Å². The van der Waals surface area contributed by atoms with E-state index in [1.807, 2.05) is 11.3 Å². The molecule has 1 atom stereocenters. The molecule has 1 aliphatic rings. The Morgan fingerprint density at radius 1 is 1.43 bits per heavy atom. The average Bonchev–Trinajstić information content (AvgIpc) is 2.91. The SMILES string of the molecule is CCCNCc1sc(N2CCCC(CC)C2)nc1COC. The summed E-state index contributed by atoms with van der Waals surface area (Å²) in [4.78, 5) is 8.66. The normalized spacial score (nSPS) is 19.2. The van der Waals surface area contributed by atoms with Crippen molar-refractivity contribution in [1.29, 1.82) is 0 Å². The smallest absolute Gasteiger partial charge is 0.185 e. The lowest BCUT2D eigenvalue weighted by Crippen LogP contribution is -2.35. The fraction of sp³-hybridized carbons (Fsp3) is 0.812. The van der Waals surface area contributed by atoms with Gasteiger partial charge < -0.3 is 15.0 Å². The minimum Gasteiger partial charge on any atom is -0.378 e. The minimum atomic E-state index is 0.616. The molecule has 1 unspecified atom stereocenters. The Kier molecular flexibility index (Phi) is 6.93. The van der Waals surface area contributed by atoms with E-state index in [1.165, 1.54) is 29.3 Å². The predicted octanol–water partition coefficient (Wildman–Crippen LogP) is 3.42. The summed E-state index contributed by atoms with van der Waals surface area (Å²) in [6.45, 7) is 9.39. The van der Waals surface area contributed by atoms with Crippen molar-refractivity contribution in [3.8, 4) is 0 Å². The highest BCUT2D eigenvalue weighted by atomic mass is 32.1. The Labute approximate surface area is 132 Å². The highest BCUT2D eigenvalue weighted by Gasteiger charge is 2.22. The fourth-order valence-corrected chi connectivity index (χ4v) is 3.91. The Bertz CT molecular complexity index is 422. The largest absolute Gasteiger partial charge is 0.378 e. The lowest BCUT2D eigenvalue weighted by atomic mass is 9.96. The van der Waals surface area contributed by atoms with Crippen LogP contribution >= 0.6 is 11.3 Å². The van der Waals surface area contributed by atoms with Gasteiger partial charge in [0.05, 0.1) is 12.3 Å². The van der Waals surface area contributed by atoms with E-state index in [0.29, 0.717) is 6.61 Å². The van der Waals surface area contributed by atoms with Crippen LogP contribution in [0, 0.1) is 5.92 Å². The molecule has 4 nitrogen and oxygen atoms in total. The molecule has 1 aromatic heterocycles. The third-order valence-corrected chi connectivity index (χ3v) is 5.29. The molecule has 0 saturated carbocycles. The maximum Gasteiger partial charge on any atom is 0.185 e. The number of thiazole rings is 1. The van der Waals surface area contributed by atoms with Crippen molar-refractivity contribution in [3.05, 3.63) is 10.6 Å². The van der Waals surface area contributed by atoms with Gasteiger partial charge in [0, 0.05) is 31.6 Å². The van der Waals surface area contributed by atoms with Gasteiger partial charge in [0.1, 0.15) is 0 Å². The van der Waals surface area contributed by atoms with Crippen LogP contribution in [0.3, 0.4) is 0 Å². The quantitative estimate of drug-likeness (QED) is 0.747. The molecule has 120 valence electrons. The minimum absolute atomic E-state index is 0.616. The molecule has 2 rings (SSSR count). The fourth-order valence-electron chi connectivity index (χ4n) is 2.84. The van der Waals surface area contributed by atoms with Gasteiger partial charge in [-0.15, -0.1) is 11.3 Å². The predicted molar refractivity (Wildman–Crippen MR) is 90.1 cm³/mol. The van der Waals surface area contributed by atoms with E-state index in [-0.39, 0.29) is 0 Å². The van der Waals surface area contributed by atoms with Crippen LogP contribution in [-0.2, 0) is 17.9 Å². The molecule has 5 heteroatoms. The van der Waals surface area contributed by atoms with Crippen LogP contribution in [0.2, 0.25) is 0 Å². The van der Waals surface area contributed by atoms with Crippen LogP contribution in [0.15, 0.2) is 0 Å². The Balaban J connectivity index is 2.06.